The van der Waals surface area contributed by atoms with Gasteiger partial charge in [0.1, 0.15) is 5.75 Å². The third-order valence-corrected chi connectivity index (χ3v) is 3.26. The van der Waals surface area contributed by atoms with E-state index in [9.17, 15) is 4.79 Å². The maximum atomic E-state index is 11.1. The van der Waals surface area contributed by atoms with Crippen molar-refractivity contribution in [1.29, 1.82) is 0 Å². The molecule has 0 aliphatic carbocycles. The Balaban J connectivity index is 1.96. The lowest BCUT2D eigenvalue weighted by Crippen LogP contribution is -2.26. The second kappa shape index (κ2) is 6.41. The molecule has 8 heteroatoms. The Hall–Kier alpha value is -1.77. The summed E-state index contributed by atoms with van der Waals surface area (Å²) in [7, 11) is 1.62. The Morgan fingerprint density at radius 1 is 1.58 bits per heavy atom. The molecule has 7 nitrogen and oxygen atoms in total. The second-order valence-electron chi connectivity index (χ2n) is 3.62. The highest BCUT2D eigenvalue weighted by Gasteiger charge is 2.07. The van der Waals surface area contributed by atoms with Crippen molar-refractivity contribution >= 4 is 28.8 Å². The fourth-order valence-corrected chi connectivity index (χ4v) is 2.32. The predicted molar refractivity (Wildman–Crippen MR) is 71.4 cm³/mol. The molecule has 0 fully saturated rings. The van der Waals surface area contributed by atoms with E-state index in [-0.39, 0.29) is 6.42 Å². The Labute approximate surface area is 113 Å². The number of thioether (sulfide) groups is 1. The van der Waals surface area contributed by atoms with Gasteiger partial charge in [0, 0.05) is 11.8 Å². The molecule has 0 spiro atoms. The maximum Gasteiger partial charge on any atom is 0.327 e. The molecule has 0 amide bonds. The SMILES string of the molecule is COc1ccc2nc(SCCC(=O)ONN)[nH]c2c1. The fourth-order valence-electron chi connectivity index (χ4n) is 1.51. The number of nitrogens with one attached hydrogen (secondary N) is 2. The van der Waals surface area contributed by atoms with Crippen molar-refractivity contribution in [3.8, 4) is 5.75 Å². The van der Waals surface area contributed by atoms with Gasteiger partial charge in [-0.2, -0.15) is 0 Å². The number of H-pyrrole nitrogens is 1. The number of hydrogen-bond donors (Lipinski definition) is 3. The number of methoxy groups -OCH3 is 1. The Morgan fingerprint density at radius 2 is 2.42 bits per heavy atom. The molecule has 102 valence electrons. The highest BCUT2D eigenvalue weighted by Crippen LogP contribution is 2.23. The summed E-state index contributed by atoms with van der Waals surface area (Å²) in [5, 5.41) is 0.747. The molecule has 2 rings (SSSR count). The molecular weight excluding hydrogens is 268 g/mol. The van der Waals surface area contributed by atoms with Crippen LogP contribution in [0.4, 0.5) is 0 Å². The summed E-state index contributed by atoms with van der Waals surface area (Å²) in [6, 6.07) is 5.60. The van der Waals surface area contributed by atoms with E-state index in [1.165, 1.54) is 11.8 Å². The molecule has 0 saturated carbocycles. The smallest absolute Gasteiger partial charge is 0.327 e. The number of hydrogen-bond acceptors (Lipinski definition) is 7. The van der Waals surface area contributed by atoms with Crippen LogP contribution in [0.5, 0.6) is 5.75 Å². The summed E-state index contributed by atoms with van der Waals surface area (Å²) >= 11 is 1.44. The number of carbonyl (C=O) groups excluding carboxylic acids is 1. The van der Waals surface area contributed by atoms with Gasteiger partial charge in [0.25, 0.3) is 0 Å². The Bertz CT molecular complexity index is 572. The molecule has 0 unspecified atom stereocenters. The van der Waals surface area contributed by atoms with Gasteiger partial charge >= 0.3 is 5.97 Å². The first-order chi connectivity index (χ1) is 9.22. The Kier molecular flexibility index (Phi) is 4.61. The van der Waals surface area contributed by atoms with Crippen molar-refractivity contribution in [3.63, 3.8) is 0 Å². The minimum Gasteiger partial charge on any atom is -0.497 e. The predicted octanol–water partition coefficient (Wildman–Crippen LogP) is 0.975. The highest BCUT2D eigenvalue weighted by atomic mass is 32.2. The normalized spacial score (nSPS) is 10.6. The van der Waals surface area contributed by atoms with Crippen molar-refractivity contribution in [1.82, 2.24) is 15.6 Å². The minimum absolute atomic E-state index is 0.245. The molecule has 1 aromatic heterocycles. The lowest BCUT2D eigenvalue weighted by molar-refractivity contribution is -0.150. The van der Waals surface area contributed by atoms with Gasteiger partial charge in [-0.25, -0.2) is 10.8 Å². The zero-order chi connectivity index (χ0) is 13.7. The summed E-state index contributed by atoms with van der Waals surface area (Å²) < 4.78 is 5.14. The van der Waals surface area contributed by atoms with Crippen molar-refractivity contribution in [2.75, 3.05) is 12.9 Å². The van der Waals surface area contributed by atoms with Crippen LogP contribution in [-0.4, -0.2) is 28.8 Å². The average molecular weight is 282 g/mol. The van der Waals surface area contributed by atoms with Crippen LogP contribution < -0.4 is 16.2 Å². The van der Waals surface area contributed by atoms with Crippen molar-refractivity contribution < 1.29 is 14.4 Å². The van der Waals surface area contributed by atoms with Crippen LogP contribution in [0, 0.1) is 0 Å². The lowest BCUT2D eigenvalue weighted by Gasteiger charge is -1.99. The van der Waals surface area contributed by atoms with E-state index in [0.717, 1.165) is 21.9 Å². The summed E-state index contributed by atoms with van der Waals surface area (Å²) in [5.74, 6) is 5.77. The van der Waals surface area contributed by atoms with Gasteiger partial charge in [-0.3, -0.25) is 4.79 Å². The first kappa shape index (κ1) is 13.7. The third-order valence-electron chi connectivity index (χ3n) is 2.39. The molecule has 0 saturated heterocycles. The van der Waals surface area contributed by atoms with E-state index >= 15 is 0 Å². The van der Waals surface area contributed by atoms with E-state index in [2.05, 4.69) is 14.8 Å². The number of nitrogens with two attached hydrogens (primary N) is 1. The molecule has 2 aromatic rings. The number of hydrazine groups is 1. The summed E-state index contributed by atoms with van der Waals surface area (Å²) in [6.45, 7) is 0. The van der Waals surface area contributed by atoms with Gasteiger partial charge < -0.3 is 14.6 Å². The van der Waals surface area contributed by atoms with Gasteiger partial charge in [-0.1, -0.05) is 17.4 Å². The van der Waals surface area contributed by atoms with E-state index in [1.807, 2.05) is 23.8 Å². The van der Waals surface area contributed by atoms with E-state index in [4.69, 9.17) is 10.6 Å². The monoisotopic (exact) mass is 282 g/mol. The topological polar surface area (TPSA) is 102 Å². The van der Waals surface area contributed by atoms with Crippen LogP contribution in [0.3, 0.4) is 0 Å². The van der Waals surface area contributed by atoms with E-state index in [0.29, 0.717) is 5.75 Å². The van der Waals surface area contributed by atoms with E-state index in [1.54, 1.807) is 7.11 Å². The average Bonchev–Trinajstić information content (AvgIpc) is 2.80. The number of aromatic amines is 1. The van der Waals surface area contributed by atoms with Crippen molar-refractivity contribution in [3.05, 3.63) is 18.2 Å². The zero-order valence-corrected chi connectivity index (χ0v) is 11.1. The highest BCUT2D eigenvalue weighted by molar-refractivity contribution is 7.99. The molecule has 0 atom stereocenters. The van der Waals surface area contributed by atoms with Crippen molar-refractivity contribution in [2.45, 2.75) is 11.6 Å². The maximum absolute atomic E-state index is 11.1. The molecule has 1 heterocycles. The van der Waals surface area contributed by atoms with Gasteiger partial charge in [0.15, 0.2) is 5.16 Å². The summed E-state index contributed by atoms with van der Waals surface area (Å²) in [6.07, 6.45) is 0.245. The lowest BCUT2D eigenvalue weighted by atomic mass is 10.3. The standard InChI is InChI=1S/C11H14N4O3S/c1-17-7-2-3-8-9(6-7)14-11(13-8)19-5-4-10(16)18-15-12/h2-3,6,15H,4-5,12H2,1H3,(H,13,14). The van der Waals surface area contributed by atoms with Crippen LogP contribution in [-0.2, 0) is 9.63 Å². The molecular formula is C11H14N4O3S. The van der Waals surface area contributed by atoms with Crippen LogP contribution in [0.2, 0.25) is 0 Å². The van der Waals surface area contributed by atoms with Crippen LogP contribution >= 0.6 is 11.8 Å². The molecule has 0 aliphatic rings. The molecule has 0 aliphatic heterocycles. The van der Waals surface area contributed by atoms with Gasteiger partial charge in [0.05, 0.1) is 24.6 Å². The number of rotatable bonds is 6. The summed E-state index contributed by atoms with van der Waals surface area (Å²) in [5.41, 5.74) is 3.61. The van der Waals surface area contributed by atoms with Gasteiger partial charge in [-0.15, -0.1) is 0 Å². The first-order valence-corrected chi connectivity index (χ1v) is 6.53. The number of ether oxygens (including phenoxy) is 1. The van der Waals surface area contributed by atoms with Crippen molar-refractivity contribution in [2.24, 2.45) is 5.84 Å². The zero-order valence-electron chi connectivity index (χ0n) is 10.3. The molecule has 4 N–H and O–H groups in total. The molecule has 0 bridgehead atoms. The number of carbonyl (C=O) groups is 1. The van der Waals surface area contributed by atoms with Gasteiger partial charge in [0.2, 0.25) is 0 Å². The largest absolute Gasteiger partial charge is 0.497 e. The number of aromatic nitrogens is 2. The van der Waals surface area contributed by atoms with Crippen LogP contribution in [0.1, 0.15) is 6.42 Å². The quantitative estimate of drug-likeness (QED) is 0.412. The third kappa shape index (κ3) is 3.60. The number of imidazole rings is 1. The second-order valence-corrected chi connectivity index (χ2v) is 4.70. The van der Waals surface area contributed by atoms with Gasteiger partial charge in [-0.05, 0) is 12.1 Å². The molecule has 1 aromatic carbocycles. The number of fused-ring (bicyclic) bond motifs is 1. The van der Waals surface area contributed by atoms with Crippen LogP contribution in [0.25, 0.3) is 11.0 Å². The molecule has 0 radical (unpaired) electrons. The molecule has 19 heavy (non-hydrogen) atoms. The first-order valence-electron chi connectivity index (χ1n) is 5.55. The van der Waals surface area contributed by atoms with Crippen LogP contribution in [0.15, 0.2) is 23.4 Å². The number of nitrogens with zero attached hydrogens (tertiary/aromatic N) is 1. The summed E-state index contributed by atoms with van der Waals surface area (Å²) in [4.78, 5) is 23.0. The minimum atomic E-state index is -0.409. The Morgan fingerprint density at radius 3 is 3.16 bits per heavy atom. The van der Waals surface area contributed by atoms with E-state index < -0.39 is 5.97 Å². The fraction of sp³-hybridized carbons (Fsp3) is 0.273. The number of benzene rings is 1.